The molecule has 0 amide bonds. The number of carbonyl (C=O) groups excluding carboxylic acids is 1. The fourth-order valence-corrected chi connectivity index (χ4v) is 2.18. The summed E-state index contributed by atoms with van der Waals surface area (Å²) in [6.07, 6.45) is -0.787. The minimum absolute atomic E-state index is 0.169. The molecular weight excluding hydrogens is 298 g/mol. The van der Waals surface area contributed by atoms with Crippen LogP contribution in [0.2, 0.25) is 0 Å². The Balaban J connectivity index is 1.87. The monoisotopic (exact) mass is 319 g/mol. The minimum Gasteiger partial charge on any atom is -0.433 e. The lowest BCUT2D eigenvalue weighted by Crippen LogP contribution is -2.28. The second kappa shape index (κ2) is 8.33. The van der Waals surface area contributed by atoms with E-state index in [2.05, 4.69) is 4.90 Å². The van der Waals surface area contributed by atoms with Crippen molar-refractivity contribution in [3.63, 3.8) is 0 Å². The van der Waals surface area contributed by atoms with Crippen LogP contribution in [0.5, 0.6) is 0 Å². The first-order valence-electron chi connectivity index (χ1n) is 7.67. The Morgan fingerprint density at radius 2 is 1.91 bits per heavy atom. The molecule has 0 bridgehead atoms. The van der Waals surface area contributed by atoms with Gasteiger partial charge in [-0.1, -0.05) is 32.0 Å². The summed E-state index contributed by atoms with van der Waals surface area (Å²) in [6.45, 7) is 6.62. The van der Waals surface area contributed by atoms with E-state index < -0.39 is 11.8 Å². The van der Waals surface area contributed by atoms with E-state index in [4.69, 9.17) is 13.9 Å². The van der Waals surface area contributed by atoms with Crippen LogP contribution < -0.4 is 5.63 Å². The van der Waals surface area contributed by atoms with Gasteiger partial charge in [0.1, 0.15) is 18.8 Å². The Hall–Kier alpha value is -2.34. The van der Waals surface area contributed by atoms with Gasteiger partial charge in [0.25, 0.3) is 0 Å². The Kier molecular flexibility index (Phi) is 6.17. The summed E-state index contributed by atoms with van der Waals surface area (Å²) in [4.78, 5) is 25.5. The summed E-state index contributed by atoms with van der Waals surface area (Å²) in [7, 11) is 0. The van der Waals surface area contributed by atoms with Crippen molar-refractivity contribution in [2.24, 2.45) is 0 Å². The predicted molar refractivity (Wildman–Crippen MR) is 86.4 cm³/mol. The molecule has 124 valence electrons. The number of likely N-dealkylation sites (N-methyl/N-ethyl adjacent to an activating group) is 1. The second-order valence-corrected chi connectivity index (χ2v) is 5.01. The molecule has 0 aliphatic carbocycles. The summed E-state index contributed by atoms with van der Waals surface area (Å²) >= 11 is 0. The van der Waals surface area contributed by atoms with E-state index in [1.165, 1.54) is 0 Å². The first kappa shape index (κ1) is 17.0. The first-order chi connectivity index (χ1) is 11.1. The predicted octanol–water partition coefficient (Wildman–Crippen LogP) is 2.79. The lowest BCUT2D eigenvalue weighted by molar-refractivity contribution is 0.0432. The third-order valence-corrected chi connectivity index (χ3v) is 3.58. The van der Waals surface area contributed by atoms with Crippen molar-refractivity contribution < 1.29 is 18.7 Å². The molecule has 2 aromatic rings. The average Bonchev–Trinajstić information content (AvgIpc) is 2.57. The van der Waals surface area contributed by atoms with Crippen LogP contribution in [0.25, 0.3) is 11.0 Å². The lowest BCUT2D eigenvalue weighted by atomic mass is 10.2. The molecule has 6 nitrogen and oxygen atoms in total. The van der Waals surface area contributed by atoms with Gasteiger partial charge in [0.2, 0.25) is 0 Å². The molecule has 2 rings (SSSR count). The zero-order chi connectivity index (χ0) is 16.7. The molecule has 1 aromatic heterocycles. The number of nitrogens with zero attached hydrogens (tertiary/aromatic N) is 1. The van der Waals surface area contributed by atoms with E-state index in [1.54, 1.807) is 18.2 Å². The Morgan fingerprint density at radius 3 is 2.65 bits per heavy atom. The molecule has 0 N–H and O–H groups in total. The number of ether oxygens (including phenoxy) is 2. The van der Waals surface area contributed by atoms with Crippen molar-refractivity contribution in [3.05, 3.63) is 46.3 Å². The van der Waals surface area contributed by atoms with Gasteiger partial charge in [-0.3, -0.25) is 0 Å². The molecule has 0 unspecified atom stereocenters. The van der Waals surface area contributed by atoms with Crippen molar-refractivity contribution in [1.29, 1.82) is 0 Å². The van der Waals surface area contributed by atoms with E-state index in [9.17, 15) is 9.59 Å². The average molecular weight is 319 g/mol. The minimum atomic E-state index is -0.787. The fourth-order valence-electron chi connectivity index (χ4n) is 2.18. The number of fused-ring (bicyclic) bond motifs is 1. The number of carbonyl (C=O) groups is 1. The van der Waals surface area contributed by atoms with Crippen LogP contribution in [0.1, 0.15) is 19.4 Å². The molecule has 23 heavy (non-hydrogen) atoms. The van der Waals surface area contributed by atoms with Gasteiger partial charge in [0, 0.05) is 11.9 Å². The molecular formula is C17H21NO5. The molecule has 1 aromatic carbocycles. The highest BCUT2D eigenvalue weighted by atomic mass is 16.7. The van der Waals surface area contributed by atoms with Gasteiger partial charge in [0.15, 0.2) is 0 Å². The summed E-state index contributed by atoms with van der Waals surface area (Å²) in [5.41, 5.74) is 0.270. The third kappa shape index (κ3) is 4.82. The number of hydrogen-bond acceptors (Lipinski definition) is 6. The molecule has 1 heterocycles. The summed E-state index contributed by atoms with van der Waals surface area (Å²) < 4.78 is 15.1. The van der Waals surface area contributed by atoms with E-state index in [0.29, 0.717) is 12.1 Å². The quantitative estimate of drug-likeness (QED) is 0.577. The van der Waals surface area contributed by atoms with Crippen LogP contribution in [-0.4, -0.2) is 37.3 Å². The van der Waals surface area contributed by atoms with Gasteiger partial charge in [-0.25, -0.2) is 9.59 Å². The van der Waals surface area contributed by atoms with E-state index in [-0.39, 0.29) is 18.8 Å². The van der Waals surface area contributed by atoms with Gasteiger partial charge in [-0.15, -0.1) is 0 Å². The molecule has 0 fully saturated rings. The zero-order valence-corrected chi connectivity index (χ0v) is 13.4. The van der Waals surface area contributed by atoms with Gasteiger partial charge >= 0.3 is 11.8 Å². The maximum absolute atomic E-state index is 11.8. The molecule has 0 aliphatic rings. The highest BCUT2D eigenvalue weighted by Gasteiger charge is 2.10. The van der Waals surface area contributed by atoms with Crippen molar-refractivity contribution in [3.8, 4) is 0 Å². The molecule has 6 heteroatoms. The van der Waals surface area contributed by atoms with Crippen LogP contribution in [-0.2, 0) is 16.1 Å². The molecule has 0 aliphatic heterocycles. The Morgan fingerprint density at radius 1 is 1.17 bits per heavy atom. The first-order valence-corrected chi connectivity index (χ1v) is 7.67. The highest BCUT2D eigenvalue weighted by Crippen LogP contribution is 2.13. The standard InChI is InChI=1S/C17H21NO5/c1-3-18(4-2)9-10-21-17(20)22-12-14-11-13-7-5-6-8-15(13)23-16(14)19/h5-8,11H,3-4,9-10,12H2,1-2H3. The van der Waals surface area contributed by atoms with Crippen LogP contribution in [0.4, 0.5) is 4.79 Å². The number of hydrogen-bond donors (Lipinski definition) is 0. The summed E-state index contributed by atoms with van der Waals surface area (Å²) in [6, 6.07) is 8.82. The summed E-state index contributed by atoms with van der Waals surface area (Å²) in [5, 5.41) is 0.778. The van der Waals surface area contributed by atoms with E-state index in [1.807, 2.05) is 26.0 Å². The lowest BCUT2D eigenvalue weighted by Gasteiger charge is -2.17. The molecule has 0 saturated carbocycles. The fraction of sp³-hybridized carbons (Fsp3) is 0.412. The number of benzene rings is 1. The van der Waals surface area contributed by atoms with Crippen molar-refractivity contribution in [2.75, 3.05) is 26.2 Å². The van der Waals surface area contributed by atoms with Gasteiger partial charge < -0.3 is 18.8 Å². The van der Waals surface area contributed by atoms with Crippen molar-refractivity contribution in [2.45, 2.75) is 20.5 Å². The molecule has 0 radical (unpaired) electrons. The van der Waals surface area contributed by atoms with E-state index >= 15 is 0 Å². The van der Waals surface area contributed by atoms with Crippen molar-refractivity contribution >= 4 is 17.1 Å². The third-order valence-electron chi connectivity index (χ3n) is 3.58. The van der Waals surface area contributed by atoms with Gasteiger partial charge in [0.05, 0.1) is 5.56 Å². The van der Waals surface area contributed by atoms with Crippen LogP contribution >= 0.6 is 0 Å². The molecule has 0 saturated heterocycles. The Labute approximate surface area is 134 Å². The van der Waals surface area contributed by atoms with Crippen LogP contribution in [0.15, 0.2) is 39.5 Å². The normalized spacial score (nSPS) is 10.9. The SMILES string of the molecule is CCN(CC)CCOC(=O)OCc1cc2ccccc2oc1=O. The van der Waals surface area contributed by atoms with Crippen LogP contribution in [0, 0.1) is 0 Å². The smallest absolute Gasteiger partial charge is 0.433 e. The highest BCUT2D eigenvalue weighted by molar-refractivity contribution is 5.76. The van der Waals surface area contributed by atoms with Gasteiger partial charge in [-0.2, -0.15) is 0 Å². The topological polar surface area (TPSA) is 69.0 Å². The Bertz CT molecular complexity index is 705. The largest absolute Gasteiger partial charge is 0.508 e. The van der Waals surface area contributed by atoms with E-state index in [0.717, 1.165) is 18.5 Å². The van der Waals surface area contributed by atoms with Crippen molar-refractivity contribution in [1.82, 2.24) is 4.90 Å². The zero-order valence-electron chi connectivity index (χ0n) is 13.4. The summed E-state index contributed by atoms with van der Waals surface area (Å²) in [5.74, 6) is 0. The van der Waals surface area contributed by atoms with Crippen LogP contribution in [0.3, 0.4) is 0 Å². The maximum atomic E-state index is 11.8. The molecule has 0 atom stereocenters. The van der Waals surface area contributed by atoms with Gasteiger partial charge in [-0.05, 0) is 25.2 Å². The number of rotatable bonds is 7. The molecule has 0 spiro atoms. The second-order valence-electron chi connectivity index (χ2n) is 5.01. The number of para-hydroxylation sites is 1. The maximum Gasteiger partial charge on any atom is 0.508 e.